The van der Waals surface area contributed by atoms with Crippen LogP contribution in [-0.2, 0) is 5.60 Å². The molecular formula is C15H14BrFO2. The molecule has 0 spiro atoms. The summed E-state index contributed by atoms with van der Waals surface area (Å²) in [6.45, 7) is 1.56. The van der Waals surface area contributed by atoms with Crippen molar-refractivity contribution >= 4 is 15.9 Å². The second kappa shape index (κ2) is 5.31. The summed E-state index contributed by atoms with van der Waals surface area (Å²) in [6, 6.07) is 11.5. The van der Waals surface area contributed by atoms with Crippen LogP contribution >= 0.6 is 15.9 Å². The molecule has 2 rings (SSSR count). The van der Waals surface area contributed by atoms with Crippen LogP contribution in [0.4, 0.5) is 4.39 Å². The van der Waals surface area contributed by atoms with Gasteiger partial charge in [-0.15, -0.1) is 0 Å². The highest BCUT2D eigenvalue weighted by atomic mass is 79.9. The van der Waals surface area contributed by atoms with Crippen molar-refractivity contribution in [1.82, 2.24) is 0 Å². The van der Waals surface area contributed by atoms with E-state index in [0.29, 0.717) is 15.8 Å². The summed E-state index contributed by atoms with van der Waals surface area (Å²) in [5.74, 6) is 0.171. The Balaban J connectivity index is 2.54. The maximum absolute atomic E-state index is 13.9. The van der Waals surface area contributed by atoms with Crippen LogP contribution in [0.5, 0.6) is 5.75 Å². The molecule has 1 atom stereocenters. The Labute approximate surface area is 120 Å². The Hall–Kier alpha value is -1.39. The SMILES string of the molecule is COc1cccc(C(C)(O)c2cc(Br)ccc2F)c1. The maximum Gasteiger partial charge on any atom is 0.129 e. The molecule has 0 heterocycles. The van der Waals surface area contributed by atoms with Gasteiger partial charge in [-0.1, -0.05) is 28.1 Å². The van der Waals surface area contributed by atoms with Crippen molar-refractivity contribution in [3.63, 3.8) is 0 Å². The predicted molar refractivity (Wildman–Crippen MR) is 75.8 cm³/mol. The van der Waals surface area contributed by atoms with Crippen LogP contribution in [0.1, 0.15) is 18.1 Å². The van der Waals surface area contributed by atoms with Crippen LogP contribution in [0.3, 0.4) is 0 Å². The molecule has 1 N–H and O–H groups in total. The Morgan fingerprint density at radius 2 is 1.95 bits per heavy atom. The monoisotopic (exact) mass is 324 g/mol. The topological polar surface area (TPSA) is 29.5 Å². The van der Waals surface area contributed by atoms with E-state index in [1.165, 1.54) is 6.07 Å². The molecule has 0 saturated heterocycles. The van der Waals surface area contributed by atoms with Crippen LogP contribution in [0.25, 0.3) is 0 Å². The van der Waals surface area contributed by atoms with Crippen LogP contribution in [0.2, 0.25) is 0 Å². The fourth-order valence-corrected chi connectivity index (χ4v) is 2.31. The second-order valence-electron chi connectivity index (χ2n) is 4.43. The Kier molecular flexibility index (Phi) is 3.92. The quantitative estimate of drug-likeness (QED) is 0.929. The minimum absolute atomic E-state index is 0.218. The van der Waals surface area contributed by atoms with Crippen molar-refractivity contribution in [2.45, 2.75) is 12.5 Å². The van der Waals surface area contributed by atoms with Gasteiger partial charge in [0.25, 0.3) is 0 Å². The fourth-order valence-electron chi connectivity index (χ4n) is 1.95. The summed E-state index contributed by atoms with van der Waals surface area (Å²) in [7, 11) is 1.55. The van der Waals surface area contributed by atoms with Gasteiger partial charge in [0.15, 0.2) is 0 Å². The van der Waals surface area contributed by atoms with Crippen molar-refractivity contribution in [2.24, 2.45) is 0 Å². The van der Waals surface area contributed by atoms with Gasteiger partial charge in [-0.2, -0.15) is 0 Å². The van der Waals surface area contributed by atoms with Crippen LogP contribution < -0.4 is 4.74 Å². The summed E-state index contributed by atoms with van der Waals surface area (Å²) in [5.41, 5.74) is -0.637. The average molecular weight is 325 g/mol. The standard InChI is InChI=1S/C15H14BrFO2/c1-15(18,10-4-3-5-12(8-10)19-2)13-9-11(16)6-7-14(13)17/h3-9,18H,1-2H3. The third-order valence-electron chi connectivity index (χ3n) is 3.08. The van der Waals surface area contributed by atoms with E-state index < -0.39 is 11.4 Å². The van der Waals surface area contributed by atoms with E-state index in [1.54, 1.807) is 50.4 Å². The van der Waals surface area contributed by atoms with E-state index in [-0.39, 0.29) is 5.56 Å². The van der Waals surface area contributed by atoms with Gasteiger partial charge in [-0.05, 0) is 42.8 Å². The zero-order chi connectivity index (χ0) is 14.0. The molecule has 0 aromatic heterocycles. The van der Waals surface area contributed by atoms with Crippen LogP contribution in [0, 0.1) is 5.82 Å². The van der Waals surface area contributed by atoms with E-state index in [9.17, 15) is 9.50 Å². The van der Waals surface area contributed by atoms with E-state index in [4.69, 9.17) is 4.74 Å². The summed E-state index contributed by atoms with van der Waals surface area (Å²) < 4.78 is 19.8. The highest BCUT2D eigenvalue weighted by molar-refractivity contribution is 9.10. The summed E-state index contributed by atoms with van der Waals surface area (Å²) in [5, 5.41) is 10.7. The van der Waals surface area contributed by atoms with Crippen molar-refractivity contribution < 1.29 is 14.2 Å². The molecule has 2 aromatic rings. The van der Waals surface area contributed by atoms with Crippen molar-refractivity contribution in [2.75, 3.05) is 7.11 Å². The highest BCUT2D eigenvalue weighted by Gasteiger charge is 2.29. The number of rotatable bonds is 3. The Morgan fingerprint density at radius 3 is 2.63 bits per heavy atom. The zero-order valence-electron chi connectivity index (χ0n) is 10.7. The molecule has 0 radical (unpaired) electrons. The lowest BCUT2D eigenvalue weighted by Crippen LogP contribution is -2.24. The number of hydrogen-bond acceptors (Lipinski definition) is 2. The number of hydrogen-bond donors (Lipinski definition) is 1. The number of ether oxygens (including phenoxy) is 1. The molecule has 0 saturated carbocycles. The van der Waals surface area contributed by atoms with Gasteiger partial charge in [-0.3, -0.25) is 0 Å². The third kappa shape index (κ3) is 2.80. The summed E-state index contributed by atoms with van der Waals surface area (Å²) >= 11 is 3.29. The summed E-state index contributed by atoms with van der Waals surface area (Å²) in [6.07, 6.45) is 0. The van der Waals surface area contributed by atoms with Gasteiger partial charge in [0.1, 0.15) is 17.2 Å². The first-order chi connectivity index (χ1) is 8.95. The van der Waals surface area contributed by atoms with Gasteiger partial charge in [0.05, 0.1) is 7.11 Å². The minimum atomic E-state index is -1.43. The van der Waals surface area contributed by atoms with E-state index in [1.807, 2.05) is 0 Å². The van der Waals surface area contributed by atoms with Gasteiger partial charge in [0.2, 0.25) is 0 Å². The number of aliphatic hydroxyl groups is 1. The Bertz CT molecular complexity index is 596. The van der Waals surface area contributed by atoms with Gasteiger partial charge in [-0.25, -0.2) is 4.39 Å². The van der Waals surface area contributed by atoms with Crippen molar-refractivity contribution in [1.29, 1.82) is 0 Å². The lowest BCUT2D eigenvalue weighted by molar-refractivity contribution is 0.0976. The van der Waals surface area contributed by atoms with E-state index in [2.05, 4.69) is 15.9 Å². The fraction of sp³-hybridized carbons (Fsp3) is 0.200. The third-order valence-corrected chi connectivity index (χ3v) is 3.58. The number of halogens is 2. The first-order valence-corrected chi connectivity index (χ1v) is 6.57. The lowest BCUT2D eigenvalue weighted by atomic mass is 9.88. The minimum Gasteiger partial charge on any atom is -0.497 e. The van der Waals surface area contributed by atoms with Gasteiger partial charge < -0.3 is 9.84 Å². The molecule has 100 valence electrons. The molecule has 2 nitrogen and oxygen atoms in total. The number of methoxy groups -OCH3 is 1. The molecule has 1 unspecified atom stereocenters. The van der Waals surface area contributed by atoms with Crippen LogP contribution in [-0.4, -0.2) is 12.2 Å². The summed E-state index contributed by atoms with van der Waals surface area (Å²) in [4.78, 5) is 0. The van der Waals surface area contributed by atoms with Gasteiger partial charge in [0, 0.05) is 10.0 Å². The molecule has 0 bridgehead atoms. The molecular weight excluding hydrogens is 311 g/mol. The highest BCUT2D eigenvalue weighted by Crippen LogP contribution is 2.34. The smallest absolute Gasteiger partial charge is 0.129 e. The molecule has 0 amide bonds. The molecule has 4 heteroatoms. The van der Waals surface area contributed by atoms with E-state index in [0.717, 1.165) is 0 Å². The second-order valence-corrected chi connectivity index (χ2v) is 5.34. The molecule has 19 heavy (non-hydrogen) atoms. The van der Waals surface area contributed by atoms with Crippen molar-refractivity contribution in [3.05, 3.63) is 63.9 Å². The normalized spacial score (nSPS) is 13.9. The van der Waals surface area contributed by atoms with E-state index >= 15 is 0 Å². The first kappa shape index (κ1) is 14.0. The number of benzene rings is 2. The lowest BCUT2D eigenvalue weighted by Gasteiger charge is -2.25. The zero-order valence-corrected chi connectivity index (χ0v) is 12.2. The first-order valence-electron chi connectivity index (χ1n) is 5.77. The molecule has 0 aliphatic heterocycles. The van der Waals surface area contributed by atoms with Crippen LogP contribution in [0.15, 0.2) is 46.9 Å². The predicted octanol–water partition coefficient (Wildman–Crippen LogP) is 3.85. The van der Waals surface area contributed by atoms with Crippen molar-refractivity contribution in [3.8, 4) is 5.75 Å². The molecule has 2 aromatic carbocycles. The molecule has 0 aliphatic rings. The maximum atomic E-state index is 13.9. The largest absolute Gasteiger partial charge is 0.497 e. The molecule has 0 aliphatic carbocycles. The molecule has 0 fully saturated rings. The Morgan fingerprint density at radius 1 is 1.21 bits per heavy atom. The van der Waals surface area contributed by atoms with Gasteiger partial charge >= 0.3 is 0 Å². The average Bonchev–Trinajstić information content (AvgIpc) is 2.41.